The molecule has 1 N–H and O–H groups in total. The molecule has 1 rings (SSSR count). The van der Waals surface area contributed by atoms with Gasteiger partial charge in [0.05, 0.1) is 5.56 Å². The van der Waals surface area contributed by atoms with Crippen molar-refractivity contribution in [3.63, 3.8) is 0 Å². The quantitative estimate of drug-likeness (QED) is 0.881. The van der Waals surface area contributed by atoms with Gasteiger partial charge in [-0.3, -0.25) is 4.79 Å². The van der Waals surface area contributed by atoms with Crippen LogP contribution in [0.25, 0.3) is 0 Å². The molecule has 1 amide bonds. The van der Waals surface area contributed by atoms with E-state index in [1.807, 2.05) is 27.7 Å². The van der Waals surface area contributed by atoms with Crippen molar-refractivity contribution in [2.45, 2.75) is 39.8 Å². The lowest BCUT2D eigenvalue weighted by atomic mass is 10.1. The van der Waals surface area contributed by atoms with Crippen LogP contribution in [0.5, 0.6) is 5.75 Å². The normalized spacial score (nSPS) is 11.0. The molecule has 0 spiro atoms. The van der Waals surface area contributed by atoms with Crippen molar-refractivity contribution in [2.24, 2.45) is 0 Å². The number of hydrogen-bond acceptors (Lipinski definition) is 2. The lowest BCUT2D eigenvalue weighted by Crippen LogP contribution is -2.42. The molecule has 94 valence electrons. The molecule has 0 aliphatic carbocycles. The Kier molecular flexibility index (Phi) is 4.10. The van der Waals surface area contributed by atoms with Crippen molar-refractivity contribution < 1.29 is 14.3 Å². The number of amides is 1. The summed E-state index contributed by atoms with van der Waals surface area (Å²) in [5, 5.41) is 9.60. The third-order valence-electron chi connectivity index (χ3n) is 2.54. The van der Waals surface area contributed by atoms with Gasteiger partial charge in [-0.15, -0.1) is 0 Å². The van der Waals surface area contributed by atoms with Gasteiger partial charge in [0.15, 0.2) is 0 Å². The molecule has 4 heteroatoms. The molecular weight excluding hydrogens is 221 g/mol. The first-order valence-electron chi connectivity index (χ1n) is 5.65. The molecule has 0 atom stereocenters. The second-order valence-corrected chi connectivity index (χ2v) is 4.56. The Morgan fingerprint density at radius 1 is 1.24 bits per heavy atom. The van der Waals surface area contributed by atoms with Gasteiger partial charge in [-0.2, -0.15) is 0 Å². The number of benzene rings is 1. The summed E-state index contributed by atoms with van der Waals surface area (Å²) >= 11 is 0. The highest BCUT2D eigenvalue weighted by atomic mass is 19.1. The predicted octanol–water partition coefficient (Wildman–Crippen LogP) is 2.79. The third kappa shape index (κ3) is 2.96. The fourth-order valence-corrected chi connectivity index (χ4v) is 1.88. The van der Waals surface area contributed by atoms with Gasteiger partial charge >= 0.3 is 0 Å². The topological polar surface area (TPSA) is 40.5 Å². The van der Waals surface area contributed by atoms with Crippen LogP contribution in [0.1, 0.15) is 38.1 Å². The van der Waals surface area contributed by atoms with E-state index in [2.05, 4.69) is 0 Å². The van der Waals surface area contributed by atoms with Crippen molar-refractivity contribution in [2.75, 3.05) is 0 Å². The van der Waals surface area contributed by atoms with Crippen LogP contribution in [0.3, 0.4) is 0 Å². The zero-order chi connectivity index (χ0) is 13.2. The summed E-state index contributed by atoms with van der Waals surface area (Å²) in [6.45, 7) is 7.53. The third-order valence-corrected chi connectivity index (χ3v) is 2.54. The maximum atomic E-state index is 13.1. The number of carbonyl (C=O) groups is 1. The second-order valence-electron chi connectivity index (χ2n) is 4.56. The monoisotopic (exact) mass is 239 g/mol. The first-order valence-corrected chi connectivity index (χ1v) is 5.65. The first-order chi connectivity index (χ1) is 7.84. The summed E-state index contributed by atoms with van der Waals surface area (Å²) in [5.41, 5.74) is 0.00685. The first kappa shape index (κ1) is 13.5. The maximum Gasteiger partial charge on any atom is 0.258 e. The van der Waals surface area contributed by atoms with E-state index in [1.54, 1.807) is 4.90 Å². The van der Waals surface area contributed by atoms with Crippen LogP contribution in [-0.4, -0.2) is 28.0 Å². The number of rotatable bonds is 3. The Hall–Kier alpha value is -1.58. The van der Waals surface area contributed by atoms with Gasteiger partial charge in [0.1, 0.15) is 11.6 Å². The number of halogens is 1. The number of nitrogens with zero attached hydrogens (tertiary/aromatic N) is 1. The molecule has 0 aliphatic heterocycles. The molecule has 0 bridgehead atoms. The van der Waals surface area contributed by atoms with Crippen LogP contribution < -0.4 is 0 Å². The average molecular weight is 239 g/mol. The van der Waals surface area contributed by atoms with E-state index in [4.69, 9.17) is 0 Å². The number of hydrogen-bond donors (Lipinski definition) is 1. The van der Waals surface area contributed by atoms with Gasteiger partial charge in [-0.25, -0.2) is 4.39 Å². The van der Waals surface area contributed by atoms with E-state index in [-0.39, 0.29) is 29.3 Å². The number of carbonyl (C=O) groups excluding carboxylic acids is 1. The Morgan fingerprint density at radius 2 is 1.76 bits per heavy atom. The van der Waals surface area contributed by atoms with Gasteiger partial charge in [-0.1, -0.05) is 0 Å². The number of aromatic hydroxyl groups is 1. The van der Waals surface area contributed by atoms with Crippen LogP contribution in [0, 0.1) is 5.82 Å². The molecule has 0 aliphatic rings. The molecule has 1 aromatic carbocycles. The van der Waals surface area contributed by atoms with Crippen LogP contribution in [0.15, 0.2) is 18.2 Å². The van der Waals surface area contributed by atoms with Crippen molar-refractivity contribution in [3.8, 4) is 5.75 Å². The SMILES string of the molecule is CC(C)N(C(=O)c1cc(F)ccc1O)C(C)C. The zero-order valence-electron chi connectivity index (χ0n) is 10.6. The number of phenolic OH excluding ortho intramolecular Hbond substituents is 1. The fraction of sp³-hybridized carbons (Fsp3) is 0.462. The maximum absolute atomic E-state index is 13.1. The van der Waals surface area contributed by atoms with Gasteiger partial charge < -0.3 is 10.0 Å². The molecule has 17 heavy (non-hydrogen) atoms. The standard InChI is InChI=1S/C13H18FNO2/c1-8(2)15(9(3)4)13(17)11-7-10(14)5-6-12(11)16/h5-9,16H,1-4H3. The van der Waals surface area contributed by atoms with E-state index < -0.39 is 5.82 Å². The molecule has 3 nitrogen and oxygen atoms in total. The Morgan fingerprint density at radius 3 is 2.24 bits per heavy atom. The highest BCUT2D eigenvalue weighted by Gasteiger charge is 2.24. The van der Waals surface area contributed by atoms with Gasteiger partial charge in [0.2, 0.25) is 0 Å². The average Bonchev–Trinajstić information content (AvgIpc) is 2.20. The van der Waals surface area contributed by atoms with E-state index in [1.165, 1.54) is 6.07 Å². The number of phenols is 1. The predicted molar refractivity (Wildman–Crippen MR) is 64.5 cm³/mol. The molecule has 1 aromatic rings. The minimum atomic E-state index is -0.529. The Bertz CT molecular complexity index is 408. The summed E-state index contributed by atoms with van der Waals surface area (Å²) in [6.07, 6.45) is 0. The zero-order valence-corrected chi connectivity index (χ0v) is 10.6. The fourth-order valence-electron chi connectivity index (χ4n) is 1.88. The van der Waals surface area contributed by atoms with Gasteiger partial charge in [0.25, 0.3) is 5.91 Å². The van der Waals surface area contributed by atoms with E-state index in [0.29, 0.717) is 0 Å². The van der Waals surface area contributed by atoms with Crippen LogP contribution in [0.2, 0.25) is 0 Å². The van der Waals surface area contributed by atoms with Crippen LogP contribution in [0.4, 0.5) is 4.39 Å². The summed E-state index contributed by atoms with van der Waals surface area (Å²) in [5.74, 6) is -1.08. The summed E-state index contributed by atoms with van der Waals surface area (Å²) in [4.78, 5) is 13.8. The highest BCUT2D eigenvalue weighted by molar-refractivity contribution is 5.97. The molecule has 0 saturated carbocycles. The molecule has 0 unspecified atom stereocenters. The lowest BCUT2D eigenvalue weighted by molar-refractivity contribution is 0.0640. The molecule has 0 heterocycles. The lowest BCUT2D eigenvalue weighted by Gasteiger charge is -2.31. The van der Waals surface area contributed by atoms with E-state index in [0.717, 1.165) is 12.1 Å². The van der Waals surface area contributed by atoms with E-state index in [9.17, 15) is 14.3 Å². The highest BCUT2D eigenvalue weighted by Crippen LogP contribution is 2.21. The van der Waals surface area contributed by atoms with Crippen molar-refractivity contribution in [1.29, 1.82) is 0 Å². The molecule has 0 fully saturated rings. The summed E-state index contributed by atoms with van der Waals surface area (Å²) in [7, 11) is 0. The van der Waals surface area contributed by atoms with Crippen LogP contribution in [-0.2, 0) is 0 Å². The molecular formula is C13H18FNO2. The Labute approximate surface area is 101 Å². The smallest absolute Gasteiger partial charge is 0.258 e. The molecule has 0 saturated heterocycles. The van der Waals surface area contributed by atoms with Crippen molar-refractivity contribution in [1.82, 2.24) is 4.90 Å². The van der Waals surface area contributed by atoms with Crippen molar-refractivity contribution >= 4 is 5.91 Å². The largest absolute Gasteiger partial charge is 0.507 e. The summed E-state index contributed by atoms with van der Waals surface area (Å²) in [6, 6.07) is 3.37. The summed E-state index contributed by atoms with van der Waals surface area (Å²) < 4.78 is 13.1. The van der Waals surface area contributed by atoms with Gasteiger partial charge in [-0.05, 0) is 45.9 Å². The molecule has 0 radical (unpaired) electrons. The van der Waals surface area contributed by atoms with Crippen LogP contribution >= 0.6 is 0 Å². The van der Waals surface area contributed by atoms with Gasteiger partial charge in [0, 0.05) is 12.1 Å². The van der Waals surface area contributed by atoms with E-state index >= 15 is 0 Å². The Balaban J connectivity index is 3.14. The second kappa shape index (κ2) is 5.17. The van der Waals surface area contributed by atoms with Crippen molar-refractivity contribution in [3.05, 3.63) is 29.6 Å². The minimum Gasteiger partial charge on any atom is -0.507 e. The minimum absolute atomic E-state index is 0.00685. The molecule has 0 aromatic heterocycles.